The Morgan fingerprint density at radius 1 is 1.21 bits per heavy atom. The van der Waals surface area contributed by atoms with Crippen molar-refractivity contribution in [2.45, 2.75) is 26.3 Å². The third-order valence-electron chi connectivity index (χ3n) is 3.55. The van der Waals surface area contributed by atoms with E-state index < -0.39 is 0 Å². The summed E-state index contributed by atoms with van der Waals surface area (Å²) in [5.74, 6) is 1.82. The predicted molar refractivity (Wildman–Crippen MR) is 77.9 cm³/mol. The average molecular weight is 258 g/mol. The Morgan fingerprint density at radius 3 is 2.32 bits per heavy atom. The highest BCUT2D eigenvalue weighted by Crippen LogP contribution is 2.22. The Hall–Kier alpha value is -1.68. The quantitative estimate of drug-likeness (QED) is 0.845. The monoisotopic (exact) mass is 258 g/mol. The molecule has 2 aromatic rings. The minimum absolute atomic E-state index is 0.416. The lowest BCUT2D eigenvalue weighted by Gasteiger charge is -2.20. The Morgan fingerprint density at radius 2 is 1.84 bits per heavy atom. The lowest BCUT2D eigenvalue weighted by Crippen LogP contribution is -2.16. The van der Waals surface area contributed by atoms with Crippen LogP contribution in [-0.4, -0.2) is 33.8 Å². The summed E-state index contributed by atoms with van der Waals surface area (Å²) in [4.78, 5) is 6.75. The number of aromatic nitrogens is 3. The van der Waals surface area contributed by atoms with Crippen molar-refractivity contribution >= 4 is 0 Å². The second-order valence-corrected chi connectivity index (χ2v) is 5.09. The molecule has 0 aliphatic carbocycles. The third-order valence-corrected chi connectivity index (χ3v) is 3.55. The number of nitrogens with zero attached hydrogens (tertiary/aromatic N) is 4. The van der Waals surface area contributed by atoms with E-state index in [1.807, 2.05) is 11.7 Å². The van der Waals surface area contributed by atoms with E-state index >= 15 is 0 Å². The molecule has 0 aliphatic rings. The van der Waals surface area contributed by atoms with Gasteiger partial charge in [-0.05, 0) is 26.6 Å². The molecule has 0 bridgehead atoms. The van der Waals surface area contributed by atoms with E-state index in [0.29, 0.717) is 6.04 Å². The van der Waals surface area contributed by atoms with Gasteiger partial charge in [-0.1, -0.05) is 31.2 Å². The summed E-state index contributed by atoms with van der Waals surface area (Å²) in [7, 11) is 6.13. The van der Waals surface area contributed by atoms with Crippen LogP contribution in [0.2, 0.25) is 0 Å². The van der Waals surface area contributed by atoms with E-state index in [9.17, 15) is 0 Å². The summed E-state index contributed by atoms with van der Waals surface area (Å²) < 4.78 is 1.85. The van der Waals surface area contributed by atoms with Gasteiger partial charge in [-0.25, -0.2) is 9.67 Å². The maximum atomic E-state index is 4.55. The van der Waals surface area contributed by atoms with Crippen molar-refractivity contribution in [1.82, 2.24) is 19.7 Å². The van der Waals surface area contributed by atoms with Gasteiger partial charge in [0.1, 0.15) is 0 Å². The first kappa shape index (κ1) is 13.7. The molecule has 4 nitrogen and oxygen atoms in total. The summed E-state index contributed by atoms with van der Waals surface area (Å²) >= 11 is 0. The first-order valence-corrected chi connectivity index (χ1v) is 6.69. The van der Waals surface area contributed by atoms with Crippen molar-refractivity contribution in [3.63, 3.8) is 0 Å². The van der Waals surface area contributed by atoms with Crippen LogP contribution >= 0.6 is 0 Å². The van der Waals surface area contributed by atoms with Crippen molar-refractivity contribution in [3.8, 4) is 11.4 Å². The highest BCUT2D eigenvalue weighted by molar-refractivity contribution is 5.55. The SMILES string of the molecule is CCc1nc(-c2ccc(C(C)N(C)C)cc2)n(C)n1. The maximum Gasteiger partial charge on any atom is 0.158 e. The van der Waals surface area contributed by atoms with Crippen molar-refractivity contribution in [1.29, 1.82) is 0 Å². The second-order valence-electron chi connectivity index (χ2n) is 5.09. The molecule has 0 amide bonds. The van der Waals surface area contributed by atoms with Crippen molar-refractivity contribution in [3.05, 3.63) is 35.7 Å². The van der Waals surface area contributed by atoms with E-state index in [1.54, 1.807) is 0 Å². The van der Waals surface area contributed by atoms with E-state index in [1.165, 1.54) is 5.56 Å². The second kappa shape index (κ2) is 5.53. The largest absolute Gasteiger partial charge is 0.303 e. The number of benzene rings is 1. The number of aryl methyl sites for hydroxylation is 2. The minimum Gasteiger partial charge on any atom is -0.303 e. The topological polar surface area (TPSA) is 34.0 Å². The van der Waals surface area contributed by atoms with Crippen molar-refractivity contribution in [2.75, 3.05) is 14.1 Å². The average Bonchev–Trinajstić information content (AvgIpc) is 2.79. The zero-order valence-corrected chi connectivity index (χ0v) is 12.4. The first-order valence-electron chi connectivity index (χ1n) is 6.69. The molecule has 4 heteroatoms. The van der Waals surface area contributed by atoms with Crippen LogP contribution in [-0.2, 0) is 13.5 Å². The van der Waals surface area contributed by atoms with E-state index in [0.717, 1.165) is 23.6 Å². The van der Waals surface area contributed by atoms with Crippen LogP contribution in [0.4, 0.5) is 0 Å². The van der Waals surface area contributed by atoms with Crippen LogP contribution < -0.4 is 0 Å². The van der Waals surface area contributed by atoms with Crippen LogP contribution in [0.5, 0.6) is 0 Å². The Labute approximate surface area is 115 Å². The summed E-state index contributed by atoms with van der Waals surface area (Å²) in [6, 6.07) is 9.00. The van der Waals surface area contributed by atoms with Crippen molar-refractivity contribution < 1.29 is 0 Å². The molecule has 0 saturated heterocycles. The predicted octanol–water partition coefficient (Wildman–Crippen LogP) is 2.67. The van der Waals surface area contributed by atoms with Gasteiger partial charge in [0.25, 0.3) is 0 Å². The molecule has 102 valence electrons. The molecule has 2 rings (SSSR count). The van der Waals surface area contributed by atoms with Crippen molar-refractivity contribution in [2.24, 2.45) is 7.05 Å². The smallest absolute Gasteiger partial charge is 0.158 e. The summed E-state index contributed by atoms with van der Waals surface area (Å²) in [5, 5.41) is 4.39. The molecule has 0 fully saturated rings. The normalized spacial score (nSPS) is 12.9. The highest BCUT2D eigenvalue weighted by Gasteiger charge is 2.11. The molecule has 1 heterocycles. The molecule has 0 aliphatic heterocycles. The summed E-state index contributed by atoms with van der Waals surface area (Å²) in [5.41, 5.74) is 2.43. The molecule has 19 heavy (non-hydrogen) atoms. The fourth-order valence-electron chi connectivity index (χ4n) is 2.05. The fourth-order valence-corrected chi connectivity index (χ4v) is 2.05. The lowest BCUT2D eigenvalue weighted by atomic mass is 10.1. The zero-order valence-electron chi connectivity index (χ0n) is 12.4. The van der Waals surface area contributed by atoms with E-state index in [-0.39, 0.29) is 0 Å². The zero-order chi connectivity index (χ0) is 14.0. The molecule has 1 aromatic heterocycles. The van der Waals surface area contributed by atoms with Crippen LogP contribution in [0.15, 0.2) is 24.3 Å². The highest BCUT2D eigenvalue weighted by atomic mass is 15.3. The number of hydrogen-bond acceptors (Lipinski definition) is 3. The molecule has 0 N–H and O–H groups in total. The number of rotatable bonds is 4. The van der Waals surface area contributed by atoms with Gasteiger partial charge >= 0.3 is 0 Å². The molecular weight excluding hydrogens is 236 g/mol. The third kappa shape index (κ3) is 2.84. The molecule has 0 spiro atoms. The molecule has 1 atom stereocenters. The molecule has 1 unspecified atom stereocenters. The van der Waals surface area contributed by atoms with Crippen LogP contribution in [0.25, 0.3) is 11.4 Å². The van der Waals surface area contributed by atoms with Gasteiger partial charge in [0.15, 0.2) is 11.6 Å². The number of hydrogen-bond donors (Lipinski definition) is 0. The van der Waals surface area contributed by atoms with Crippen LogP contribution in [0.3, 0.4) is 0 Å². The molecule has 1 aromatic carbocycles. The van der Waals surface area contributed by atoms with Gasteiger partial charge < -0.3 is 4.90 Å². The molecular formula is C15H22N4. The maximum absolute atomic E-state index is 4.55. The van der Waals surface area contributed by atoms with Gasteiger partial charge in [0, 0.05) is 25.1 Å². The Kier molecular flexibility index (Phi) is 4.00. The lowest BCUT2D eigenvalue weighted by molar-refractivity contribution is 0.321. The van der Waals surface area contributed by atoms with Crippen LogP contribution in [0.1, 0.15) is 31.3 Å². The van der Waals surface area contributed by atoms with E-state index in [2.05, 4.69) is 67.2 Å². The van der Waals surface area contributed by atoms with Gasteiger partial charge in [-0.3, -0.25) is 0 Å². The van der Waals surface area contributed by atoms with Gasteiger partial charge in [-0.2, -0.15) is 5.10 Å². The van der Waals surface area contributed by atoms with Gasteiger partial charge in [0.2, 0.25) is 0 Å². The van der Waals surface area contributed by atoms with Crippen LogP contribution in [0, 0.1) is 0 Å². The standard InChI is InChI=1S/C15H22N4/c1-6-14-16-15(19(5)17-14)13-9-7-12(8-10-13)11(2)18(3)4/h7-11H,6H2,1-5H3. The summed E-state index contributed by atoms with van der Waals surface area (Å²) in [6.45, 7) is 4.27. The van der Waals surface area contributed by atoms with E-state index in [4.69, 9.17) is 0 Å². The molecule has 0 radical (unpaired) electrons. The Bertz CT molecular complexity index is 540. The Balaban J connectivity index is 2.29. The summed E-state index contributed by atoms with van der Waals surface area (Å²) in [6.07, 6.45) is 0.865. The first-order chi connectivity index (χ1) is 9.02. The van der Waals surface area contributed by atoms with Gasteiger partial charge in [-0.15, -0.1) is 0 Å². The van der Waals surface area contributed by atoms with Gasteiger partial charge in [0.05, 0.1) is 0 Å². The minimum atomic E-state index is 0.416. The molecule has 0 saturated carbocycles. The fraction of sp³-hybridized carbons (Fsp3) is 0.467.